The quantitative estimate of drug-likeness (QED) is 0.895. The molecule has 2 aromatic rings. The molecule has 7 nitrogen and oxygen atoms in total. The molecule has 1 amide bonds. The van der Waals surface area contributed by atoms with Crippen molar-refractivity contribution in [3.8, 4) is 0 Å². The number of carbonyl (C=O) groups excluding carboxylic acids is 1. The zero-order valence-electron chi connectivity index (χ0n) is 11.9. The lowest BCUT2D eigenvalue weighted by atomic mass is 10.0. The van der Waals surface area contributed by atoms with Gasteiger partial charge >= 0.3 is 10.2 Å². The number of amides is 1. The molecule has 1 N–H and O–H groups in total. The maximum absolute atomic E-state index is 12.4. The van der Waals surface area contributed by atoms with Gasteiger partial charge in [0.05, 0.1) is 5.02 Å². The molecular formula is C14H13ClN4O3S. The molecule has 1 aromatic heterocycles. The van der Waals surface area contributed by atoms with Gasteiger partial charge < -0.3 is 0 Å². The predicted octanol–water partition coefficient (Wildman–Crippen LogP) is 1.16. The van der Waals surface area contributed by atoms with Crippen molar-refractivity contribution >= 4 is 27.7 Å². The van der Waals surface area contributed by atoms with E-state index in [0.717, 1.165) is 17.5 Å². The predicted molar refractivity (Wildman–Crippen MR) is 84.0 cm³/mol. The third kappa shape index (κ3) is 3.34. The summed E-state index contributed by atoms with van der Waals surface area (Å²) in [7, 11) is -3.98. The minimum atomic E-state index is -3.98. The lowest BCUT2D eigenvalue weighted by Gasteiger charge is -2.27. The summed E-state index contributed by atoms with van der Waals surface area (Å²) in [4.78, 5) is 19.4. The first-order chi connectivity index (χ1) is 11.0. The fourth-order valence-corrected chi connectivity index (χ4v) is 3.68. The second-order valence-electron chi connectivity index (χ2n) is 5.01. The molecule has 1 aromatic carbocycles. The molecule has 0 unspecified atom stereocenters. The minimum absolute atomic E-state index is 0.0100. The van der Waals surface area contributed by atoms with Gasteiger partial charge in [0.25, 0.3) is 5.91 Å². The fourth-order valence-electron chi connectivity index (χ4n) is 2.38. The van der Waals surface area contributed by atoms with Crippen LogP contribution >= 0.6 is 11.6 Å². The molecule has 23 heavy (non-hydrogen) atoms. The number of hydrogen-bond acceptors (Lipinski definition) is 5. The zero-order valence-corrected chi connectivity index (χ0v) is 13.5. The molecule has 1 aliphatic rings. The highest BCUT2D eigenvalue weighted by Gasteiger charge is 2.29. The molecule has 0 fully saturated rings. The van der Waals surface area contributed by atoms with Crippen LogP contribution < -0.4 is 4.72 Å². The van der Waals surface area contributed by atoms with Crippen LogP contribution in [0.5, 0.6) is 0 Å². The molecule has 2 heterocycles. The number of rotatable bonds is 3. The van der Waals surface area contributed by atoms with Gasteiger partial charge in [-0.2, -0.15) is 12.7 Å². The van der Waals surface area contributed by atoms with E-state index in [9.17, 15) is 13.2 Å². The summed E-state index contributed by atoms with van der Waals surface area (Å²) >= 11 is 5.81. The average molecular weight is 353 g/mol. The van der Waals surface area contributed by atoms with Gasteiger partial charge in [-0.3, -0.25) is 4.79 Å². The van der Waals surface area contributed by atoms with Crippen LogP contribution in [0, 0.1) is 0 Å². The largest absolute Gasteiger partial charge is 0.304 e. The summed E-state index contributed by atoms with van der Waals surface area (Å²) in [6, 6.07) is 7.62. The second-order valence-corrected chi connectivity index (χ2v) is 7.09. The van der Waals surface area contributed by atoms with E-state index in [1.807, 2.05) is 29.0 Å². The van der Waals surface area contributed by atoms with Crippen LogP contribution in [-0.4, -0.2) is 35.1 Å². The van der Waals surface area contributed by atoms with E-state index >= 15 is 0 Å². The molecule has 120 valence electrons. The van der Waals surface area contributed by atoms with Gasteiger partial charge in [-0.25, -0.2) is 14.7 Å². The normalized spacial score (nSPS) is 15.0. The Balaban J connectivity index is 1.78. The van der Waals surface area contributed by atoms with Crippen molar-refractivity contribution in [2.24, 2.45) is 0 Å². The van der Waals surface area contributed by atoms with E-state index in [1.54, 1.807) is 0 Å². The number of nitrogens with zero attached hydrogens (tertiary/aromatic N) is 3. The average Bonchev–Trinajstić information content (AvgIpc) is 2.54. The van der Waals surface area contributed by atoms with Gasteiger partial charge in [0, 0.05) is 19.3 Å². The van der Waals surface area contributed by atoms with Crippen molar-refractivity contribution in [2.75, 3.05) is 6.54 Å². The van der Waals surface area contributed by atoms with Gasteiger partial charge in [-0.05, 0) is 17.5 Å². The molecule has 0 saturated carbocycles. The lowest BCUT2D eigenvalue weighted by Crippen LogP contribution is -2.45. The van der Waals surface area contributed by atoms with E-state index in [2.05, 4.69) is 9.97 Å². The molecule has 0 spiro atoms. The highest BCUT2D eigenvalue weighted by atomic mass is 35.5. The summed E-state index contributed by atoms with van der Waals surface area (Å²) < 4.78 is 28.0. The zero-order chi connectivity index (χ0) is 16.4. The number of benzene rings is 1. The first-order valence-electron chi connectivity index (χ1n) is 6.82. The Labute approximate surface area is 138 Å². The molecule has 0 radical (unpaired) electrons. The third-order valence-corrected chi connectivity index (χ3v) is 5.25. The smallest absolute Gasteiger partial charge is 0.266 e. The van der Waals surface area contributed by atoms with Gasteiger partial charge in [0.2, 0.25) is 0 Å². The van der Waals surface area contributed by atoms with Gasteiger partial charge in [0.1, 0.15) is 6.33 Å². The molecule has 0 bridgehead atoms. The van der Waals surface area contributed by atoms with Crippen LogP contribution in [0.3, 0.4) is 0 Å². The Morgan fingerprint density at radius 1 is 1.26 bits per heavy atom. The van der Waals surface area contributed by atoms with E-state index in [-0.39, 0.29) is 17.3 Å². The monoisotopic (exact) mass is 352 g/mol. The van der Waals surface area contributed by atoms with Crippen molar-refractivity contribution in [1.82, 2.24) is 19.0 Å². The van der Waals surface area contributed by atoms with Gasteiger partial charge in [-0.15, -0.1) is 0 Å². The van der Waals surface area contributed by atoms with Crippen molar-refractivity contribution in [1.29, 1.82) is 0 Å². The standard InChI is InChI=1S/C14H13ClN4O3S/c15-12-7-16-9-17-13(12)14(20)18-23(21,22)19-6-5-10-3-1-2-4-11(10)8-19/h1-4,7,9H,5-6,8H2,(H,18,20). The summed E-state index contributed by atoms with van der Waals surface area (Å²) in [5.74, 6) is -0.878. The van der Waals surface area contributed by atoms with E-state index in [1.165, 1.54) is 10.5 Å². The van der Waals surface area contributed by atoms with Crippen molar-refractivity contribution in [2.45, 2.75) is 13.0 Å². The van der Waals surface area contributed by atoms with Crippen molar-refractivity contribution in [3.05, 3.63) is 58.6 Å². The third-order valence-electron chi connectivity index (χ3n) is 3.54. The van der Waals surface area contributed by atoms with Crippen LogP contribution in [-0.2, 0) is 23.2 Å². The van der Waals surface area contributed by atoms with E-state index in [0.29, 0.717) is 13.0 Å². The number of halogens is 1. The molecule has 3 rings (SSSR count). The Bertz CT molecular complexity index is 857. The first-order valence-corrected chi connectivity index (χ1v) is 8.63. The number of nitrogens with one attached hydrogen (secondary N) is 1. The van der Waals surface area contributed by atoms with E-state index < -0.39 is 16.1 Å². The molecular weight excluding hydrogens is 340 g/mol. The summed E-state index contributed by atoms with van der Waals surface area (Å²) in [6.07, 6.45) is 2.96. The number of fused-ring (bicyclic) bond motifs is 1. The van der Waals surface area contributed by atoms with E-state index in [4.69, 9.17) is 11.6 Å². The number of carbonyl (C=O) groups is 1. The van der Waals surface area contributed by atoms with Gasteiger partial charge in [-0.1, -0.05) is 35.9 Å². The van der Waals surface area contributed by atoms with Crippen LogP contribution in [0.15, 0.2) is 36.8 Å². The van der Waals surface area contributed by atoms with Gasteiger partial charge in [0.15, 0.2) is 5.69 Å². The first kappa shape index (κ1) is 15.9. The Morgan fingerprint density at radius 2 is 2.00 bits per heavy atom. The fraction of sp³-hybridized carbons (Fsp3) is 0.214. The van der Waals surface area contributed by atoms with Crippen molar-refractivity contribution < 1.29 is 13.2 Å². The molecule has 0 saturated heterocycles. The number of hydrogen-bond donors (Lipinski definition) is 1. The SMILES string of the molecule is O=C(NS(=O)(=O)N1CCc2ccccc2C1)c1ncncc1Cl. The summed E-state index contributed by atoms with van der Waals surface area (Å²) in [6.45, 7) is 0.521. The highest BCUT2D eigenvalue weighted by Crippen LogP contribution is 2.20. The number of aromatic nitrogens is 2. The van der Waals surface area contributed by atoms with Crippen molar-refractivity contribution in [3.63, 3.8) is 0 Å². The summed E-state index contributed by atoms with van der Waals surface area (Å²) in [5, 5.41) is -0.0100. The molecule has 9 heteroatoms. The van der Waals surface area contributed by atoms with Crippen LogP contribution in [0.2, 0.25) is 5.02 Å². The highest BCUT2D eigenvalue weighted by molar-refractivity contribution is 7.87. The maximum Gasteiger partial charge on any atom is 0.304 e. The van der Waals surface area contributed by atoms with Crippen LogP contribution in [0.4, 0.5) is 0 Å². The molecule has 0 aliphatic carbocycles. The van der Waals surface area contributed by atoms with Crippen LogP contribution in [0.1, 0.15) is 21.6 Å². The topological polar surface area (TPSA) is 92.3 Å². The minimum Gasteiger partial charge on any atom is -0.266 e. The second kappa shape index (κ2) is 6.23. The Morgan fingerprint density at radius 3 is 2.74 bits per heavy atom. The lowest BCUT2D eigenvalue weighted by molar-refractivity contribution is 0.0974. The van der Waals surface area contributed by atoms with Crippen LogP contribution in [0.25, 0.3) is 0 Å². The summed E-state index contributed by atoms with van der Waals surface area (Å²) in [5.41, 5.74) is 1.86. The molecule has 1 aliphatic heterocycles. The Hall–Kier alpha value is -2.03. The Kier molecular flexibility index (Phi) is 4.29. The molecule has 0 atom stereocenters. The maximum atomic E-state index is 12.4.